The zero-order valence-corrected chi connectivity index (χ0v) is 9.04. The van der Waals surface area contributed by atoms with Crippen molar-refractivity contribution in [1.29, 1.82) is 0 Å². The SMILES string of the molecule is CN=C(NC)NCc1cnc(Cl)s1. The maximum atomic E-state index is 5.68. The van der Waals surface area contributed by atoms with Crippen molar-refractivity contribution in [3.05, 3.63) is 15.5 Å². The molecule has 0 aliphatic rings. The molecule has 1 heterocycles. The molecule has 1 aromatic heterocycles. The second kappa shape index (κ2) is 5.04. The summed E-state index contributed by atoms with van der Waals surface area (Å²) in [5, 5.41) is 6.02. The topological polar surface area (TPSA) is 49.3 Å². The predicted molar refractivity (Wildman–Crippen MR) is 56.4 cm³/mol. The Kier molecular flexibility index (Phi) is 3.98. The fraction of sp³-hybridized carbons (Fsp3) is 0.429. The summed E-state index contributed by atoms with van der Waals surface area (Å²) >= 11 is 7.14. The Labute approximate surface area is 86.0 Å². The summed E-state index contributed by atoms with van der Waals surface area (Å²) in [6.07, 6.45) is 1.75. The lowest BCUT2D eigenvalue weighted by atomic mass is 10.5. The van der Waals surface area contributed by atoms with Crippen LogP contribution in [0.25, 0.3) is 0 Å². The fourth-order valence-corrected chi connectivity index (χ4v) is 1.73. The van der Waals surface area contributed by atoms with E-state index >= 15 is 0 Å². The van der Waals surface area contributed by atoms with Gasteiger partial charge < -0.3 is 10.6 Å². The Morgan fingerprint density at radius 3 is 3.00 bits per heavy atom. The van der Waals surface area contributed by atoms with Gasteiger partial charge >= 0.3 is 0 Å². The van der Waals surface area contributed by atoms with Crippen molar-refractivity contribution in [2.75, 3.05) is 14.1 Å². The van der Waals surface area contributed by atoms with E-state index in [1.807, 2.05) is 7.05 Å². The molecule has 0 amide bonds. The minimum atomic E-state index is 0.566. The molecule has 0 saturated carbocycles. The Hall–Kier alpha value is -0.810. The number of aliphatic imine (C=N–C) groups is 1. The Balaban J connectivity index is 2.43. The van der Waals surface area contributed by atoms with Crippen LogP contribution in [0.3, 0.4) is 0 Å². The molecule has 0 saturated heterocycles. The van der Waals surface area contributed by atoms with E-state index in [1.54, 1.807) is 13.2 Å². The summed E-state index contributed by atoms with van der Waals surface area (Å²) in [6.45, 7) is 0.692. The monoisotopic (exact) mass is 218 g/mol. The second-order valence-electron chi connectivity index (χ2n) is 2.26. The van der Waals surface area contributed by atoms with E-state index in [-0.39, 0.29) is 0 Å². The molecule has 1 rings (SSSR count). The van der Waals surface area contributed by atoms with Crippen LogP contribution < -0.4 is 10.6 Å². The van der Waals surface area contributed by atoms with Crippen LogP contribution in [0.1, 0.15) is 4.88 Å². The normalized spacial score (nSPS) is 11.5. The van der Waals surface area contributed by atoms with Crippen molar-refractivity contribution in [3.8, 4) is 0 Å². The smallest absolute Gasteiger partial charge is 0.191 e. The van der Waals surface area contributed by atoms with E-state index in [4.69, 9.17) is 11.6 Å². The lowest BCUT2D eigenvalue weighted by Gasteiger charge is -2.05. The molecule has 0 radical (unpaired) electrons. The van der Waals surface area contributed by atoms with Gasteiger partial charge in [0.2, 0.25) is 0 Å². The Morgan fingerprint density at radius 1 is 1.77 bits per heavy atom. The van der Waals surface area contributed by atoms with Gasteiger partial charge in [0.15, 0.2) is 10.4 Å². The molecule has 4 nitrogen and oxygen atoms in total. The largest absolute Gasteiger partial charge is 0.359 e. The molecule has 0 aromatic carbocycles. The molecule has 13 heavy (non-hydrogen) atoms. The van der Waals surface area contributed by atoms with Crippen LogP contribution in [0.15, 0.2) is 11.2 Å². The minimum absolute atomic E-state index is 0.566. The third kappa shape index (κ3) is 3.20. The van der Waals surface area contributed by atoms with Gasteiger partial charge in [-0.1, -0.05) is 11.6 Å². The van der Waals surface area contributed by atoms with Gasteiger partial charge in [-0.3, -0.25) is 4.99 Å². The van der Waals surface area contributed by atoms with Crippen LogP contribution in [0, 0.1) is 0 Å². The van der Waals surface area contributed by atoms with E-state index in [9.17, 15) is 0 Å². The number of aromatic nitrogens is 1. The first-order chi connectivity index (χ1) is 6.26. The maximum absolute atomic E-state index is 5.68. The molecule has 0 unspecified atom stereocenters. The first kappa shape index (κ1) is 10.3. The summed E-state index contributed by atoms with van der Waals surface area (Å²) in [5.74, 6) is 0.754. The lowest BCUT2D eigenvalue weighted by Crippen LogP contribution is -2.33. The van der Waals surface area contributed by atoms with E-state index < -0.39 is 0 Å². The van der Waals surface area contributed by atoms with Gasteiger partial charge in [-0.25, -0.2) is 4.98 Å². The standard InChI is InChI=1S/C7H11ClN4S/c1-9-7(10-2)12-4-5-3-11-6(8)13-5/h3H,4H2,1-2H3,(H2,9,10,12). The van der Waals surface area contributed by atoms with Gasteiger partial charge in [0.1, 0.15) is 0 Å². The molecule has 1 aromatic rings. The molecule has 0 spiro atoms. The summed E-state index contributed by atoms with van der Waals surface area (Å²) in [4.78, 5) is 8.99. The number of guanidine groups is 1. The third-order valence-electron chi connectivity index (χ3n) is 1.42. The van der Waals surface area contributed by atoms with E-state index in [0.29, 0.717) is 11.0 Å². The molecule has 0 aliphatic heterocycles. The van der Waals surface area contributed by atoms with Crippen LogP contribution in [0.4, 0.5) is 0 Å². The number of thiazole rings is 1. The highest BCUT2D eigenvalue weighted by molar-refractivity contribution is 7.15. The molecule has 0 fully saturated rings. The fourth-order valence-electron chi connectivity index (χ4n) is 0.815. The summed E-state index contributed by atoms with van der Waals surface area (Å²) in [6, 6.07) is 0. The molecule has 0 atom stereocenters. The van der Waals surface area contributed by atoms with Crippen LogP contribution in [-0.4, -0.2) is 25.0 Å². The molecule has 6 heteroatoms. The van der Waals surface area contributed by atoms with Gasteiger partial charge in [-0.05, 0) is 0 Å². The zero-order chi connectivity index (χ0) is 9.68. The number of rotatable bonds is 2. The molecular formula is C7H11ClN4S. The van der Waals surface area contributed by atoms with E-state index in [1.165, 1.54) is 11.3 Å². The summed E-state index contributed by atoms with van der Waals surface area (Å²) < 4.78 is 0.566. The Bertz CT molecular complexity index is 296. The van der Waals surface area contributed by atoms with Crippen LogP contribution >= 0.6 is 22.9 Å². The average Bonchev–Trinajstić information content (AvgIpc) is 2.53. The molecular weight excluding hydrogens is 208 g/mol. The summed E-state index contributed by atoms with van der Waals surface area (Å²) in [5.41, 5.74) is 0. The Morgan fingerprint density at radius 2 is 2.54 bits per heavy atom. The van der Waals surface area contributed by atoms with Crippen molar-refractivity contribution in [2.24, 2.45) is 4.99 Å². The zero-order valence-electron chi connectivity index (χ0n) is 7.47. The third-order valence-corrected chi connectivity index (χ3v) is 2.53. The highest BCUT2D eigenvalue weighted by atomic mass is 35.5. The number of nitrogens with zero attached hydrogens (tertiary/aromatic N) is 2. The number of hydrogen-bond acceptors (Lipinski definition) is 3. The molecule has 0 bridgehead atoms. The van der Waals surface area contributed by atoms with Crippen molar-refractivity contribution < 1.29 is 0 Å². The van der Waals surface area contributed by atoms with Crippen molar-refractivity contribution in [2.45, 2.75) is 6.54 Å². The van der Waals surface area contributed by atoms with Crippen molar-refractivity contribution in [3.63, 3.8) is 0 Å². The van der Waals surface area contributed by atoms with Gasteiger partial charge in [0.05, 0.1) is 6.54 Å². The highest BCUT2D eigenvalue weighted by Gasteiger charge is 1.99. The lowest BCUT2D eigenvalue weighted by molar-refractivity contribution is 0.877. The maximum Gasteiger partial charge on any atom is 0.191 e. The minimum Gasteiger partial charge on any atom is -0.359 e. The first-order valence-electron chi connectivity index (χ1n) is 3.75. The highest BCUT2D eigenvalue weighted by Crippen LogP contribution is 2.16. The predicted octanol–water partition coefficient (Wildman–Crippen LogP) is 1.09. The van der Waals surface area contributed by atoms with Crippen LogP contribution in [0.5, 0.6) is 0 Å². The molecule has 72 valence electrons. The van der Waals surface area contributed by atoms with E-state index in [0.717, 1.165) is 10.8 Å². The van der Waals surface area contributed by atoms with Crippen molar-refractivity contribution >= 4 is 28.9 Å². The second-order valence-corrected chi connectivity index (χ2v) is 3.95. The molecule has 2 N–H and O–H groups in total. The van der Waals surface area contributed by atoms with Gasteiger partial charge in [0.25, 0.3) is 0 Å². The van der Waals surface area contributed by atoms with Gasteiger partial charge in [-0.2, -0.15) is 0 Å². The van der Waals surface area contributed by atoms with Crippen molar-refractivity contribution in [1.82, 2.24) is 15.6 Å². The number of halogens is 1. The van der Waals surface area contributed by atoms with Crippen LogP contribution in [-0.2, 0) is 6.54 Å². The summed E-state index contributed by atoms with van der Waals surface area (Å²) in [7, 11) is 3.54. The number of hydrogen-bond donors (Lipinski definition) is 2. The van der Waals surface area contributed by atoms with Gasteiger partial charge in [0, 0.05) is 25.2 Å². The number of nitrogens with one attached hydrogen (secondary N) is 2. The first-order valence-corrected chi connectivity index (χ1v) is 4.94. The van der Waals surface area contributed by atoms with E-state index in [2.05, 4.69) is 20.6 Å². The quantitative estimate of drug-likeness (QED) is 0.577. The average molecular weight is 219 g/mol. The molecule has 0 aliphatic carbocycles. The van der Waals surface area contributed by atoms with Crippen LogP contribution in [0.2, 0.25) is 4.47 Å². The van der Waals surface area contributed by atoms with Gasteiger partial charge in [-0.15, -0.1) is 11.3 Å².